The van der Waals surface area contributed by atoms with E-state index in [2.05, 4.69) is 30.2 Å². The Bertz CT molecular complexity index is 1790. The Hall–Kier alpha value is -3.03. The second kappa shape index (κ2) is 19.7. The van der Waals surface area contributed by atoms with E-state index in [0.29, 0.717) is 94.8 Å². The SMILES string of the molecule is COCCn1cc(COCc2cn(CCOCCOCCOCCNS(=O)(=O)c3cccc(C4CN(C)Cc5c(Cl)cc(Cl)cc54)c3)nn2)nn1. The summed E-state index contributed by atoms with van der Waals surface area (Å²) in [6, 6.07) is 10.7. The molecule has 18 heteroatoms. The first-order chi connectivity index (χ1) is 24.7. The Morgan fingerprint density at radius 3 is 2.18 bits per heavy atom. The number of sulfonamides is 1. The number of hydrogen-bond donors (Lipinski definition) is 1. The number of benzene rings is 2. The third kappa shape index (κ3) is 12.0. The van der Waals surface area contributed by atoms with Crippen molar-refractivity contribution in [2.24, 2.45) is 0 Å². The Morgan fingerprint density at radius 2 is 1.49 bits per heavy atom. The number of likely N-dealkylation sites (N-methyl/N-ethyl adjacent to an activating group) is 1. The van der Waals surface area contributed by atoms with Crippen LogP contribution in [0.3, 0.4) is 0 Å². The zero-order valence-corrected chi connectivity index (χ0v) is 31.1. The van der Waals surface area contributed by atoms with E-state index in [1.54, 1.807) is 40.7 Å². The second-order valence-electron chi connectivity index (χ2n) is 11.9. The van der Waals surface area contributed by atoms with Gasteiger partial charge in [-0.15, -0.1) is 10.2 Å². The summed E-state index contributed by atoms with van der Waals surface area (Å²) < 4.78 is 59.6. The predicted octanol–water partition coefficient (Wildman–Crippen LogP) is 3.15. The average molecular weight is 768 g/mol. The van der Waals surface area contributed by atoms with Crippen LogP contribution < -0.4 is 4.72 Å². The van der Waals surface area contributed by atoms with Gasteiger partial charge in [-0.3, -0.25) is 0 Å². The van der Waals surface area contributed by atoms with Crippen LogP contribution in [-0.4, -0.2) is 117 Å². The first-order valence-corrected chi connectivity index (χ1v) is 18.8. The molecule has 0 amide bonds. The maximum atomic E-state index is 13.1. The molecule has 0 saturated heterocycles. The number of rotatable bonds is 22. The average Bonchev–Trinajstić information content (AvgIpc) is 3.77. The second-order valence-corrected chi connectivity index (χ2v) is 14.6. The van der Waals surface area contributed by atoms with Crippen molar-refractivity contribution < 1.29 is 32.1 Å². The molecule has 1 aliphatic heterocycles. The molecule has 0 fully saturated rings. The fraction of sp³-hybridized carbons (Fsp3) is 0.515. The first-order valence-electron chi connectivity index (χ1n) is 16.6. The lowest BCUT2D eigenvalue weighted by atomic mass is 9.85. The molecule has 0 bridgehead atoms. The van der Waals surface area contributed by atoms with E-state index >= 15 is 0 Å². The van der Waals surface area contributed by atoms with Crippen molar-refractivity contribution >= 4 is 33.2 Å². The van der Waals surface area contributed by atoms with Gasteiger partial charge in [0, 0.05) is 42.7 Å². The van der Waals surface area contributed by atoms with Gasteiger partial charge in [-0.05, 0) is 48.0 Å². The predicted molar refractivity (Wildman–Crippen MR) is 189 cm³/mol. The van der Waals surface area contributed by atoms with Gasteiger partial charge in [0.05, 0.1) is 89.8 Å². The summed E-state index contributed by atoms with van der Waals surface area (Å²) in [4.78, 5) is 2.36. The Morgan fingerprint density at radius 1 is 0.843 bits per heavy atom. The standard InChI is InChI=1S/C33H44Cl2N8O7S/c1-41-21-31(30-17-26(34)18-33(35)32(30)22-41)25-4-3-5-29(16-25)51(44,45)36-6-9-47-12-14-49-15-13-48-11-8-43-20-28(38-40-43)24-50-23-27-19-42(39-37-27)7-10-46-2/h3-5,16-20,31,36H,6-15,21-24H2,1-2H3. The minimum Gasteiger partial charge on any atom is -0.383 e. The Balaban J connectivity index is 0.907. The molecular formula is C33H44Cl2N8O7S. The van der Waals surface area contributed by atoms with Crippen LogP contribution in [0.5, 0.6) is 0 Å². The lowest BCUT2D eigenvalue weighted by Gasteiger charge is -2.33. The van der Waals surface area contributed by atoms with Gasteiger partial charge < -0.3 is 28.6 Å². The van der Waals surface area contributed by atoms with Crippen LogP contribution in [0.1, 0.15) is 34.0 Å². The zero-order valence-electron chi connectivity index (χ0n) is 28.7. The van der Waals surface area contributed by atoms with Crippen molar-refractivity contribution in [2.45, 2.75) is 43.7 Å². The summed E-state index contributed by atoms with van der Waals surface area (Å²) >= 11 is 12.8. The number of fused-ring (bicyclic) bond motifs is 1. The molecule has 3 heterocycles. The summed E-state index contributed by atoms with van der Waals surface area (Å²) in [5, 5.41) is 17.5. The van der Waals surface area contributed by atoms with E-state index in [4.69, 9.17) is 46.9 Å². The van der Waals surface area contributed by atoms with Crippen molar-refractivity contribution in [2.75, 3.05) is 73.5 Å². The number of nitrogens with one attached hydrogen (secondary N) is 1. The third-order valence-corrected chi connectivity index (χ3v) is 10.0. The number of ether oxygens (including phenoxy) is 5. The summed E-state index contributed by atoms with van der Waals surface area (Å²) in [6.45, 7) is 6.08. The topological polar surface area (TPSA) is 157 Å². The highest BCUT2D eigenvalue weighted by atomic mass is 35.5. The molecule has 0 spiro atoms. The Labute approximate surface area is 308 Å². The van der Waals surface area contributed by atoms with Crippen LogP contribution in [0.25, 0.3) is 0 Å². The van der Waals surface area contributed by atoms with Gasteiger partial charge in [0.2, 0.25) is 10.0 Å². The smallest absolute Gasteiger partial charge is 0.240 e. The van der Waals surface area contributed by atoms with Crippen molar-refractivity contribution in [3.63, 3.8) is 0 Å². The summed E-state index contributed by atoms with van der Waals surface area (Å²) in [6.07, 6.45) is 3.64. The molecule has 2 aromatic carbocycles. The molecule has 0 saturated carbocycles. The fourth-order valence-electron chi connectivity index (χ4n) is 5.53. The lowest BCUT2D eigenvalue weighted by Crippen LogP contribution is -2.31. The van der Waals surface area contributed by atoms with Gasteiger partial charge in [-0.2, -0.15) is 0 Å². The van der Waals surface area contributed by atoms with Crippen LogP contribution in [0.4, 0.5) is 0 Å². The number of halogens is 2. The molecule has 0 aliphatic carbocycles. The van der Waals surface area contributed by atoms with E-state index in [1.807, 2.05) is 31.6 Å². The molecule has 1 N–H and O–H groups in total. The third-order valence-electron chi connectivity index (χ3n) is 8.01. The molecule has 0 radical (unpaired) electrons. The highest BCUT2D eigenvalue weighted by Gasteiger charge is 2.28. The minimum atomic E-state index is -3.74. The van der Waals surface area contributed by atoms with E-state index in [0.717, 1.165) is 22.4 Å². The van der Waals surface area contributed by atoms with Gasteiger partial charge in [-0.25, -0.2) is 22.5 Å². The number of aromatic nitrogens is 6. The number of methoxy groups -OCH3 is 1. The normalized spacial score (nSPS) is 15.0. The molecule has 1 atom stereocenters. The highest BCUT2D eigenvalue weighted by molar-refractivity contribution is 7.89. The van der Waals surface area contributed by atoms with Crippen molar-refractivity contribution in [1.82, 2.24) is 39.6 Å². The molecule has 278 valence electrons. The maximum absolute atomic E-state index is 13.1. The van der Waals surface area contributed by atoms with Crippen LogP contribution in [-0.2, 0) is 66.6 Å². The highest BCUT2D eigenvalue weighted by Crippen LogP contribution is 2.38. The van der Waals surface area contributed by atoms with Crippen LogP contribution in [0.2, 0.25) is 10.0 Å². The molecule has 51 heavy (non-hydrogen) atoms. The van der Waals surface area contributed by atoms with E-state index in [9.17, 15) is 8.42 Å². The maximum Gasteiger partial charge on any atom is 0.240 e. The molecule has 1 aliphatic rings. The van der Waals surface area contributed by atoms with E-state index < -0.39 is 10.0 Å². The molecule has 5 rings (SSSR count). The summed E-state index contributed by atoms with van der Waals surface area (Å²) in [7, 11) is -0.0860. The largest absolute Gasteiger partial charge is 0.383 e. The molecule has 2 aromatic heterocycles. The van der Waals surface area contributed by atoms with Crippen LogP contribution >= 0.6 is 23.2 Å². The van der Waals surface area contributed by atoms with Gasteiger partial charge in [0.15, 0.2) is 0 Å². The lowest BCUT2D eigenvalue weighted by molar-refractivity contribution is 0.0137. The van der Waals surface area contributed by atoms with Gasteiger partial charge in [0.1, 0.15) is 11.4 Å². The number of nitrogens with zero attached hydrogens (tertiary/aromatic N) is 7. The van der Waals surface area contributed by atoms with Crippen molar-refractivity contribution in [3.05, 3.63) is 86.9 Å². The summed E-state index contributed by atoms with van der Waals surface area (Å²) in [5.41, 5.74) is 4.35. The molecular weight excluding hydrogens is 723 g/mol. The molecule has 1 unspecified atom stereocenters. The summed E-state index contributed by atoms with van der Waals surface area (Å²) in [5.74, 6) is -0.0644. The van der Waals surface area contributed by atoms with Crippen molar-refractivity contribution in [1.29, 1.82) is 0 Å². The Kier molecular flexibility index (Phi) is 15.1. The monoisotopic (exact) mass is 766 g/mol. The van der Waals surface area contributed by atoms with E-state index in [-0.39, 0.29) is 24.0 Å². The minimum absolute atomic E-state index is 0.0644. The molecule has 4 aromatic rings. The zero-order chi connectivity index (χ0) is 36.1. The fourth-order valence-corrected chi connectivity index (χ4v) is 7.17. The van der Waals surface area contributed by atoms with Crippen molar-refractivity contribution in [3.8, 4) is 0 Å². The van der Waals surface area contributed by atoms with Gasteiger partial charge in [0.25, 0.3) is 0 Å². The quantitative estimate of drug-likeness (QED) is 0.117. The van der Waals surface area contributed by atoms with Gasteiger partial charge >= 0.3 is 0 Å². The van der Waals surface area contributed by atoms with Crippen LogP contribution in [0, 0.1) is 0 Å². The van der Waals surface area contributed by atoms with Crippen LogP contribution in [0.15, 0.2) is 53.7 Å². The first kappa shape index (κ1) is 39.2. The molecule has 15 nitrogen and oxygen atoms in total. The number of hydrogen-bond acceptors (Lipinski definition) is 12. The van der Waals surface area contributed by atoms with E-state index in [1.165, 1.54) is 0 Å². The van der Waals surface area contributed by atoms with Gasteiger partial charge in [-0.1, -0.05) is 45.8 Å².